The van der Waals surface area contributed by atoms with Crippen molar-refractivity contribution in [3.05, 3.63) is 0 Å². The van der Waals surface area contributed by atoms with E-state index >= 15 is 0 Å². The van der Waals surface area contributed by atoms with Crippen LogP contribution in [0.4, 0.5) is 4.79 Å². The second-order valence-corrected chi connectivity index (χ2v) is 3.93. The van der Waals surface area contributed by atoms with E-state index in [2.05, 4.69) is 17.5 Å². The number of hydrogen-bond acceptors (Lipinski definition) is 4. The molecule has 0 aliphatic heterocycles. The van der Waals surface area contributed by atoms with Crippen molar-refractivity contribution in [2.45, 2.75) is 32.4 Å². The van der Waals surface area contributed by atoms with Gasteiger partial charge in [0.1, 0.15) is 11.6 Å². The number of nitrogens with two attached hydrogens (primary N) is 1. The summed E-state index contributed by atoms with van der Waals surface area (Å²) in [5.74, 6) is -0.717. The number of carbonyl (C=O) groups excluding carboxylic acids is 2. The second kappa shape index (κ2) is 4.90. The van der Waals surface area contributed by atoms with Crippen molar-refractivity contribution >= 4 is 29.6 Å². The zero-order valence-corrected chi connectivity index (χ0v) is 9.18. The fourth-order valence-corrected chi connectivity index (χ4v) is 0.809. The van der Waals surface area contributed by atoms with Gasteiger partial charge in [-0.2, -0.15) is 0 Å². The van der Waals surface area contributed by atoms with E-state index < -0.39 is 23.6 Å². The predicted molar refractivity (Wildman–Crippen MR) is 56.0 cm³/mol. The molecule has 3 N–H and O–H groups in total. The molecular weight excluding hydrogens is 204 g/mol. The highest BCUT2D eigenvalue weighted by molar-refractivity contribution is 7.79. The summed E-state index contributed by atoms with van der Waals surface area (Å²) in [7, 11) is 0. The Labute approximate surface area is 88.0 Å². The lowest BCUT2D eigenvalue weighted by atomic mass is 10.2. The lowest BCUT2D eigenvalue weighted by Crippen LogP contribution is -2.46. The van der Waals surface area contributed by atoms with Crippen LogP contribution in [0, 0.1) is 0 Å². The number of nitrogens with one attached hydrogen (secondary N) is 1. The van der Waals surface area contributed by atoms with E-state index in [9.17, 15) is 9.59 Å². The van der Waals surface area contributed by atoms with Crippen LogP contribution in [-0.2, 0) is 9.53 Å². The molecule has 0 fully saturated rings. The number of primary amides is 1. The highest BCUT2D eigenvalue weighted by Gasteiger charge is 2.20. The molecule has 0 saturated carbocycles. The van der Waals surface area contributed by atoms with Gasteiger partial charge >= 0.3 is 6.09 Å². The summed E-state index contributed by atoms with van der Waals surface area (Å²) in [6.07, 6.45) is -0.720. The molecule has 0 aromatic heterocycles. The minimum absolute atomic E-state index is 0.617. The van der Waals surface area contributed by atoms with Gasteiger partial charge in [-0.3, -0.25) is 4.79 Å². The van der Waals surface area contributed by atoms with Gasteiger partial charge in [-0.15, -0.1) is 0 Å². The van der Waals surface area contributed by atoms with Crippen LogP contribution in [-0.4, -0.2) is 29.0 Å². The summed E-state index contributed by atoms with van der Waals surface area (Å²) in [6.45, 7) is 5.13. The molecule has 0 rings (SSSR count). The van der Waals surface area contributed by atoms with Crippen LogP contribution in [0.2, 0.25) is 0 Å². The van der Waals surface area contributed by atoms with Gasteiger partial charge in [0.05, 0.1) is 0 Å². The molecule has 0 saturated heterocycles. The molecular formula is C8H14N2O3S. The summed E-state index contributed by atoms with van der Waals surface area (Å²) in [4.78, 5) is 21.8. The van der Waals surface area contributed by atoms with Gasteiger partial charge in [0.2, 0.25) is 5.91 Å². The molecule has 6 heteroatoms. The Morgan fingerprint density at radius 1 is 1.50 bits per heavy atom. The van der Waals surface area contributed by atoms with Crippen molar-refractivity contribution in [3.8, 4) is 0 Å². The van der Waals surface area contributed by atoms with E-state index in [4.69, 9.17) is 10.5 Å². The maximum atomic E-state index is 11.1. The van der Waals surface area contributed by atoms with Crippen molar-refractivity contribution < 1.29 is 14.3 Å². The molecule has 0 unspecified atom stereocenters. The lowest BCUT2D eigenvalue weighted by Gasteiger charge is -2.20. The van der Waals surface area contributed by atoms with E-state index in [0.717, 1.165) is 5.37 Å². The van der Waals surface area contributed by atoms with Crippen LogP contribution in [0.15, 0.2) is 0 Å². The second-order valence-electron chi connectivity index (χ2n) is 3.66. The van der Waals surface area contributed by atoms with Crippen LogP contribution in [0.1, 0.15) is 20.8 Å². The van der Waals surface area contributed by atoms with Crippen LogP contribution >= 0.6 is 12.2 Å². The molecule has 0 aliphatic carbocycles. The SMILES string of the molecule is CC(C)(C)OC(=O)N[C@@H](C=S)C(N)=O. The van der Waals surface area contributed by atoms with Gasteiger partial charge in [-0.1, -0.05) is 12.2 Å². The Morgan fingerprint density at radius 2 is 2.00 bits per heavy atom. The van der Waals surface area contributed by atoms with E-state index in [-0.39, 0.29) is 0 Å². The van der Waals surface area contributed by atoms with Crippen molar-refractivity contribution in [1.29, 1.82) is 0 Å². The quantitative estimate of drug-likeness (QED) is 0.670. The number of ether oxygens (including phenoxy) is 1. The fraction of sp³-hybridized carbons (Fsp3) is 0.625. The van der Waals surface area contributed by atoms with E-state index in [1.165, 1.54) is 0 Å². The zero-order valence-electron chi connectivity index (χ0n) is 8.37. The van der Waals surface area contributed by atoms with Crippen LogP contribution in [0.3, 0.4) is 0 Å². The van der Waals surface area contributed by atoms with Crippen molar-refractivity contribution in [2.24, 2.45) is 5.73 Å². The first kappa shape index (κ1) is 12.8. The van der Waals surface area contributed by atoms with Crippen LogP contribution in [0.25, 0.3) is 0 Å². The normalized spacial score (nSPS) is 12.8. The van der Waals surface area contributed by atoms with Gasteiger partial charge < -0.3 is 15.8 Å². The first-order chi connectivity index (χ1) is 6.26. The number of thiocarbonyl (C=S) groups is 1. The maximum absolute atomic E-state index is 11.1. The van der Waals surface area contributed by atoms with Gasteiger partial charge in [0, 0.05) is 5.37 Å². The summed E-state index contributed by atoms with van der Waals surface area (Å²) < 4.78 is 4.90. The Bertz CT molecular complexity index is 247. The van der Waals surface area contributed by atoms with Gasteiger partial charge in [-0.25, -0.2) is 4.79 Å². The summed E-state index contributed by atoms with van der Waals surface area (Å²) in [6, 6.07) is -0.972. The number of carbonyl (C=O) groups is 2. The number of rotatable bonds is 3. The van der Waals surface area contributed by atoms with Crippen molar-refractivity contribution in [3.63, 3.8) is 0 Å². The third-order valence-corrected chi connectivity index (χ3v) is 1.39. The average molecular weight is 218 g/mol. The standard InChI is InChI=1S/C8H14N2O3S/c1-8(2,3)13-7(12)10-5(4-14)6(9)11/h4-5H,1-3H3,(H2,9,11)(H,10,12)/t5-/m0/s1. The Kier molecular flexibility index (Phi) is 4.49. The molecule has 0 aromatic rings. The predicted octanol–water partition coefficient (Wildman–Crippen LogP) is 0.365. The Morgan fingerprint density at radius 3 is 2.29 bits per heavy atom. The molecule has 5 nitrogen and oxygen atoms in total. The van der Waals surface area contributed by atoms with Gasteiger partial charge in [0.25, 0.3) is 0 Å². The third kappa shape index (κ3) is 5.47. The maximum Gasteiger partial charge on any atom is 0.408 e. The first-order valence-corrected chi connectivity index (χ1v) is 4.47. The largest absolute Gasteiger partial charge is 0.444 e. The molecule has 0 spiro atoms. The molecule has 0 bridgehead atoms. The summed E-state index contributed by atoms with van der Waals surface area (Å²) >= 11 is 4.51. The molecule has 1 atom stereocenters. The van der Waals surface area contributed by atoms with Gasteiger partial charge in [0.15, 0.2) is 0 Å². The van der Waals surface area contributed by atoms with Crippen molar-refractivity contribution in [2.75, 3.05) is 0 Å². The molecule has 0 radical (unpaired) electrons. The Hall–Kier alpha value is -1.17. The highest BCUT2D eigenvalue weighted by Crippen LogP contribution is 2.06. The third-order valence-electron chi connectivity index (χ3n) is 1.11. The lowest BCUT2D eigenvalue weighted by molar-refractivity contribution is -0.118. The molecule has 0 aromatic carbocycles. The molecule has 2 amide bonds. The highest BCUT2D eigenvalue weighted by atomic mass is 32.1. The average Bonchev–Trinajstić information content (AvgIpc) is 1.96. The summed E-state index contributed by atoms with van der Waals surface area (Å²) in [5, 5.41) is 3.30. The number of hydrogen-bond donors (Lipinski definition) is 2. The van der Waals surface area contributed by atoms with Crippen LogP contribution < -0.4 is 11.1 Å². The summed E-state index contributed by atoms with van der Waals surface area (Å²) in [5.41, 5.74) is 4.33. The monoisotopic (exact) mass is 218 g/mol. The zero-order chi connectivity index (χ0) is 11.4. The fourth-order valence-electron chi connectivity index (χ4n) is 0.607. The molecule has 0 heterocycles. The van der Waals surface area contributed by atoms with Crippen molar-refractivity contribution in [1.82, 2.24) is 5.32 Å². The van der Waals surface area contributed by atoms with E-state index in [0.29, 0.717) is 0 Å². The van der Waals surface area contributed by atoms with E-state index in [1.807, 2.05) is 0 Å². The minimum Gasteiger partial charge on any atom is -0.444 e. The van der Waals surface area contributed by atoms with Crippen LogP contribution in [0.5, 0.6) is 0 Å². The molecule has 0 aliphatic rings. The minimum atomic E-state index is -0.972. The Balaban J connectivity index is 4.18. The van der Waals surface area contributed by atoms with E-state index in [1.54, 1.807) is 20.8 Å². The first-order valence-electron chi connectivity index (χ1n) is 4.00. The molecule has 80 valence electrons. The topological polar surface area (TPSA) is 81.4 Å². The van der Waals surface area contributed by atoms with Gasteiger partial charge in [-0.05, 0) is 20.8 Å². The number of alkyl carbamates (subject to hydrolysis) is 1. The smallest absolute Gasteiger partial charge is 0.408 e. The molecule has 14 heavy (non-hydrogen) atoms. The number of amides is 2.